The molecule has 0 aliphatic rings. The van der Waals surface area contributed by atoms with Crippen molar-refractivity contribution < 1.29 is 9.90 Å². The monoisotopic (exact) mass is 152 g/mol. The lowest BCUT2D eigenvalue weighted by atomic mass is 10.1. The molecule has 0 saturated carbocycles. The zero-order chi connectivity index (χ0) is 8.27. The summed E-state index contributed by atoms with van der Waals surface area (Å²) in [5.74, 6) is -1.46. The third kappa shape index (κ3) is 1.73. The number of aliphatic carboxylic acids is 1. The lowest BCUT2D eigenvalue weighted by Gasteiger charge is -2.02. The largest absolute Gasteiger partial charge is 0.481 e. The number of nitrogens with zero attached hydrogens (tertiary/aromatic N) is 2. The van der Waals surface area contributed by atoms with Gasteiger partial charge in [0, 0.05) is 18.6 Å². The number of carboxylic acid groups (broad SMARTS) is 1. The normalized spacial score (nSPS) is 12.5. The number of carbonyl (C=O) groups is 1. The Labute approximate surface area is 63.9 Å². The molecular formula is C7H8N2O2. The molecule has 0 fully saturated rings. The minimum atomic E-state index is -0.884. The van der Waals surface area contributed by atoms with E-state index in [4.69, 9.17) is 5.11 Å². The van der Waals surface area contributed by atoms with Crippen molar-refractivity contribution in [3.05, 3.63) is 24.3 Å². The maximum absolute atomic E-state index is 10.4. The number of rotatable bonds is 2. The second kappa shape index (κ2) is 3.09. The van der Waals surface area contributed by atoms with Gasteiger partial charge in [-0.1, -0.05) is 0 Å². The van der Waals surface area contributed by atoms with Gasteiger partial charge in [-0.05, 0) is 6.92 Å². The second-order valence-corrected chi connectivity index (χ2v) is 2.19. The smallest absolute Gasteiger partial charge is 0.312 e. The maximum atomic E-state index is 10.4. The highest BCUT2D eigenvalue weighted by Crippen LogP contribution is 2.09. The Bertz CT molecular complexity index is 248. The van der Waals surface area contributed by atoms with Crippen LogP contribution in [0.2, 0.25) is 0 Å². The molecule has 4 heteroatoms. The minimum Gasteiger partial charge on any atom is -0.481 e. The van der Waals surface area contributed by atoms with E-state index in [1.54, 1.807) is 6.92 Å². The summed E-state index contributed by atoms with van der Waals surface area (Å²) < 4.78 is 0. The van der Waals surface area contributed by atoms with E-state index >= 15 is 0 Å². The summed E-state index contributed by atoms with van der Waals surface area (Å²) in [6, 6.07) is 0. The first-order valence-corrected chi connectivity index (χ1v) is 3.20. The van der Waals surface area contributed by atoms with E-state index in [9.17, 15) is 4.79 Å². The van der Waals surface area contributed by atoms with E-state index in [0.717, 1.165) is 0 Å². The highest BCUT2D eigenvalue weighted by atomic mass is 16.4. The fourth-order valence-electron chi connectivity index (χ4n) is 0.661. The van der Waals surface area contributed by atoms with Gasteiger partial charge in [0.05, 0.1) is 11.6 Å². The summed E-state index contributed by atoms with van der Waals surface area (Å²) in [7, 11) is 0. The molecule has 1 aromatic rings. The lowest BCUT2D eigenvalue weighted by Crippen LogP contribution is -2.09. The highest BCUT2D eigenvalue weighted by molar-refractivity contribution is 5.74. The Morgan fingerprint density at radius 2 is 2.36 bits per heavy atom. The molecule has 11 heavy (non-hydrogen) atoms. The molecule has 1 N–H and O–H groups in total. The fourth-order valence-corrected chi connectivity index (χ4v) is 0.661. The van der Waals surface area contributed by atoms with Crippen molar-refractivity contribution in [2.75, 3.05) is 0 Å². The van der Waals surface area contributed by atoms with Crippen LogP contribution in [0.1, 0.15) is 18.5 Å². The first kappa shape index (κ1) is 7.65. The number of hydrogen-bond donors (Lipinski definition) is 1. The van der Waals surface area contributed by atoms with Crippen molar-refractivity contribution in [1.82, 2.24) is 9.97 Å². The molecule has 0 aliphatic carbocycles. The molecule has 1 aromatic heterocycles. The van der Waals surface area contributed by atoms with E-state index in [1.807, 2.05) is 0 Å². The SMILES string of the molecule is CC(C(=O)O)c1cnccn1. The van der Waals surface area contributed by atoms with Gasteiger partial charge < -0.3 is 5.11 Å². The van der Waals surface area contributed by atoms with Crippen LogP contribution in [-0.4, -0.2) is 21.0 Å². The van der Waals surface area contributed by atoms with Crippen LogP contribution in [0.4, 0.5) is 0 Å². The van der Waals surface area contributed by atoms with Crippen LogP contribution in [0.3, 0.4) is 0 Å². The third-order valence-electron chi connectivity index (χ3n) is 1.40. The molecule has 0 saturated heterocycles. The quantitative estimate of drug-likeness (QED) is 0.676. The van der Waals surface area contributed by atoms with Crippen molar-refractivity contribution in [2.45, 2.75) is 12.8 Å². The summed E-state index contributed by atoms with van der Waals surface area (Å²) in [5.41, 5.74) is 0.486. The molecule has 0 spiro atoms. The standard InChI is InChI=1S/C7H8N2O2/c1-5(7(10)11)6-4-8-2-3-9-6/h2-5H,1H3,(H,10,11). The third-order valence-corrected chi connectivity index (χ3v) is 1.40. The van der Waals surface area contributed by atoms with Gasteiger partial charge in [-0.25, -0.2) is 0 Å². The van der Waals surface area contributed by atoms with Gasteiger partial charge in [0.1, 0.15) is 0 Å². The average molecular weight is 152 g/mol. The summed E-state index contributed by atoms with van der Waals surface area (Å²) in [5, 5.41) is 8.57. The Morgan fingerprint density at radius 3 is 2.82 bits per heavy atom. The Morgan fingerprint density at radius 1 is 1.64 bits per heavy atom. The fraction of sp³-hybridized carbons (Fsp3) is 0.286. The molecule has 0 bridgehead atoms. The van der Waals surface area contributed by atoms with Crippen LogP contribution in [0.5, 0.6) is 0 Å². The van der Waals surface area contributed by atoms with E-state index in [2.05, 4.69) is 9.97 Å². The summed E-state index contributed by atoms with van der Waals surface area (Å²) in [4.78, 5) is 18.1. The maximum Gasteiger partial charge on any atom is 0.312 e. The van der Waals surface area contributed by atoms with Gasteiger partial charge in [-0.15, -0.1) is 0 Å². The predicted molar refractivity (Wildman–Crippen MR) is 38.1 cm³/mol. The zero-order valence-corrected chi connectivity index (χ0v) is 6.06. The van der Waals surface area contributed by atoms with Gasteiger partial charge >= 0.3 is 5.97 Å². The van der Waals surface area contributed by atoms with Gasteiger partial charge in [0.25, 0.3) is 0 Å². The number of hydrogen-bond acceptors (Lipinski definition) is 3. The minimum absolute atomic E-state index is 0.486. The van der Waals surface area contributed by atoms with Crippen LogP contribution in [-0.2, 0) is 4.79 Å². The summed E-state index contributed by atoms with van der Waals surface area (Å²) in [6.45, 7) is 1.58. The van der Waals surface area contributed by atoms with Crippen molar-refractivity contribution in [1.29, 1.82) is 0 Å². The molecule has 1 atom stereocenters. The molecule has 0 amide bonds. The molecule has 0 aromatic carbocycles. The first-order chi connectivity index (χ1) is 5.22. The second-order valence-electron chi connectivity index (χ2n) is 2.19. The molecule has 1 heterocycles. The van der Waals surface area contributed by atoms with Crippen molar-refractivity contribution in [3.8, 4) is 0 Å². The van der Waals surface area contributed by atoms with Crippen LogP contribution < -0.4 is 0 Å². The number of carboxylic acids is 1. The Balaban J connectivity index is 2.85. The van der Waals surface area contributed by atoms with Crippen molar-refractivity contribution in [3.63, 3.8) is 0 Å². The van der Waals surface area contributed by atoms with Crippen LogP contribution >= 0.6 is 0 Å². The van der Waals surface area contributed by atoms with E-state index in [1.165, 1.54) is 18.6 Å². The van der Waals surface area contributed by atoms with Crippen LogP contribution in [0, 0.1) is 0 Å². The zero-order valence-electron chi connectivity index (χ0n) is 6.06. The lowest BCUT2D eigenvalue weighted by molar-refractivity contribution is -0.138. The van der Waals surface area contributed by atoms with Crippen LogP contribution in [0.25, 0.3) is 0 Å². The average Bonchev–Trinajstić information content (AvgIpc) is 2.05. The first-order valence-electron chi connectivity index (χ1n) is 3.20. The topological polar surface area (TPSA) is 63.1 Å². The summed E-state index contributed by atoms with van der Waals surface area (Å²) >= 11 is 0. The summed E-state index contributed by atoms with van der Waals surface area (Å²) in [6.07, 6.45) is 4.45. The van der Waals surface area contributed by atoms with E-state index in [-0.39, 0.29) is 0 Å². The number of aromatic nitrogens is 2. The molecule has 58 valence electrons. The molecule has 4 nitrogen and oxygen atoms in total. The molecule has 0 aliphatic heterocycles. The van der Waals surface area contributed by atoms with Crippen molar-refractivity contribution in [2.24, 2.45) is 0 Å². The van der Waals surface area contributed by atoms with Gasteiger partial charge in [-0.2, -0.15) is 0 Å². The van der Waals surface area contributed by atoms with Gasteiger partial charge in [0.2, 0.25) is 0 Å². The van der Waals surface area contributed by atoms with Gasteiger partial charge in [-0.3, -0.25) is 14.8 Å². The Hall–Kier alpha value is -1.45. The molecule has 1 rings (SSSR count). The van der Waals surface area contributed by atoms with Crippen molar-refractivity contribution >= 4 is 5.97 Å². The Kier molecular flexibility index (Phi) is 2.15. The molecule has 0 radical (unpaired) electrons. The molecule has 1 unspecified atom stereocenters. The predicted octanol–water partition coefficient (Wildman–Crippen LogP) is 0.665. The highest BCUT2D eigenvalue weighted by Gasteiger charge is 2.14. The van der Waals surface area contributed by atoms with Gasteiger partial charge in [0.15, 0.2) is 0 Å². The van der Waals surface area contributed by atoms with Crippen LogP contribution in [0.15, 0.2) is 18.6 Å². The molecular weight excluding hydrogens is 144 g/mol. The van der Waals surface area contributed by atoms with E-state index in [0.29, 0.717) is 5.69 Å². The van der Waals surface area contributed by atoms with E-state index < -0.39 is 11.9 Å².